The van der Waals surface area contributed by atoms with Crippen LogP contribution in [-0.2, 0) is 23.7 Å². The van der Waals surface area contributed by atoms with Gasteiger partial charge in [-0.1, -0.05) is 443 Å². The zero-order valence-electron chi connectivity index (χ0n) is 84.1. The van der Waals surface area contributed by atoms with Crippen LogP contribution in [0.3, 0.4) is 0 Å². The Morgan fingerprint density at radius 2 is 0.728 bits per heavy atom. The molecule has 4 N–H and O–H groups in total. The van der Waals surface area contributed by atoms with E-state index in [9.17, 15) is 4.79 Å². The molecule has 0 aliphatic carbocycles. The quantitative estimate of drug-likeness (QED) is 0.0117. The minimum Gasteiger partial charge on any atom is -1.00 e. The SMILES string of the molecule is C/C=C/C=C/C.C/C=C/C=C/C(=O)O.C/C=C/C=C/CBr.C/C=C/C=C/CBr.C/C=C/C=C/CCCCCCCO.C/C=C/C=C/CCCCCCCOC1CCCCO1.C/C=C/C=C/CO.C1=COCCC1.C1CCOC1.CC.CCCC.CCCCCCBr.CCCCCCCBr.CCCCCCCBr.OCCCCCCBr.[AlH3].[Br-].[CH2-]/C=C/C=C/C.[H-].[Li+].[Mg+2]. The fourth-order valence-electron chi connectivity index (χ4n) is 8.30. The number of aliphatic hydroxyl groups is 3. The van der Waals surface area contributed by atoms with Crippen molar-refractivity contribution < 1.29 is 81.4 Å². The van der Waals surface area contributed by atoms with Crippen LogP contribution in [-0.4, -0.2) is 158 Å². The topological polar surface area (TPSA) is 135 Å². The van der Waals surface area contributed by atoms with Gasteiger partial charge in [0.15, 0.2) is 23.7 Å². The van der Waals surface area contributed by atoms with Gasteiger partial charge in [-0.25, -0.2) is 23.9 Å². The van der Waals surface area contributed by atoms with Gasteiger partial charge in [-0.2, -0.15) is 0 Å². The average molecular weight is 2240 g/mol. The molecule has 1 unspecified atom stereocenters. The number of halogens is 7. The minimum atomic E-state index is -0.914. The number of hydrogen-bond acceptors (Lipinski definition) is 8. The normalized spacial score (nSPS) is 12.8. The number of allylic oxidation sites excluding steroid dienone is 31. The predicted molar refractivity (Wildman–Crippen MR) is 593 cm³/mol. The first-order chi connectivity index (χ1) is 59.3. The molecule has 3 aliphatic heterocycles. The van der Waals surface area contributed by atoms with Crippen LogP contribution < -0.4 is 35.8 Å². The van der Waals surface area contributed by atoms with Crippen molar-refractivity contribution in [3.63, 3.8) is 0 Å². The molecule has 3 aliphatic rings. The molecule has 0 radical (unpaired) electrons. The Balaban J connectivity index is -0.0000000628. The van der Waals surface area contributed by atoms with Crippen molar-refractivity contribution in [1.29, 1.82) is 0 Å². The van der Waals surface area contributed by atoms with Gasteiger partial charge in [-0.05, 0) is 184 Å². The third-order valence-electron chi connectivity index (χ3n) is 15.1. The second-order valence-electron chi connectivity index (χ2n) is 26.5. The Bertz CT molecular complexity index is 2060. The number of rotatable bonds is 48. The van der Waals surface area contributed by atoms with Crippen molar-refractivity contribution in [3.05, 3.63) is 214 Å². The number of carbonyl (C=O) groups is 1. The fourth-order valence-corrected chi connectivity index (χ4v) is 10.3. The van der Waals surface area contributed by atoms with Crippen molar-refractivity contribution in [3.8, 4) is 0 Å². The maximum absolute atomic E-state index is 9.75. The maximum Gasteiger partial charge on any atom is 2.00 e. The summed E-state index contributed by atoms with van der Waals surface area (Å²) in [6, 6.07) is 0. The van der Waals surface area contributed by atoms with E-state index in [-0.39, 0.29) is 90.6 Å². The smallest absolute Gasteiger partial charge is 1.00 e. The number of alkyl halides is 6. The van der Waals surface area contributed by atoms with E-state index in [1.807, 2.05) is 192 Å². The molecular formula is C106H199AlBr7LiMgO9. The maximum atomic E-state index is 9.75. The molecule has 2 saturated heterocycles. The second-order valence-corrected chi connectivity index (χ2v) is 30.9. The molecule has 0 aromatic heterocycles. The van der Waals surface area contributed by atoms with Gasteiger partial charge in [0.1, 0.15) is 0 Å². The van der Waals surface area contributed by atoms with Crippen LogP contribution >= 0.6 is 95.6 Å². The Labute approximate surface area is 880 Å². The molecule has 0 bridgehead atoms. The predicted octanol–water partition coefficient (Wildman–Crippen LogP) is 29.0. The van der Waals surface area contributed by atoms with E-state index in [0.29, 0.717) is 13.2 Å². The van der Waals surface area contributed by atoms with Gasteiger partial charge in [0, 0.05) is 77.7 Å². The van der Waals surface area contributed by atoms with Crippen LogP contribution in [0.2, 0.25) is 0 Å². The Morgan fingerprint density at radius 1 is 0.408 bits per heavy atom. The Hall–Kier alpha value is -0.264. The van der Waals surface area contributed by atoms with E-state index in [1.165, 1.54) is 253 Å². The van der Waals surface area contributed by atoms with Crippen molar-refractivity contribution in [2.24, 2.45) is 0 Å². The van der Waals surface area contributed by atoms with Crippen LogP contribution in [0.15, 0.2) is 207 Å². The summed E-state index contributed by atoms with van der Waals surface area (Å²) in [6.45, 7) is 41.9. The third kappa shape index (κ3) is 255. The first-order valence-corrected chi connectivity index (χ1v) is 53.5. The van der Waals surface area contributed by atoms with Crippen molar-refractivity contribution in [2.75, 3.05) is 84.8 Å². The van der Waals surface area contributed by atoms with Gasteiger partial charge in [-0.15, -0.1) is 12.2 Å². The molecular weight excluding hydrogens is 2030 g/mol. The summed E-state index contributed by atoms with van der Waals surface area (Å²) in [7, 11) is 0. The summed E-state index contributed by atoms with van der Waals surface area (Å²) in [5.74, 6) is -0.914. The summed E-state index contributed by atoms with van der Waals surface area (Å²) in [5, 5.41) is 39.6. The standard InChI is InChI=1S/C17H30O2.C12H22O.2C7H15Br.C6H13BrO.C6H13Br.2C6H9Br.C6H8O2.C6H10O.C6H10.C6H9.C5H8O.C4H8O.C4H10.C2H6.Al.BrH.Li.Mg.4H/c1-2-3-4-5-6-7-8-9-10-12-15-18-17-14-11-13-16-19-17;1-2-3-4-5-6-7-8-9-10-11-12-13;2*1-2-3-4-5-6-7-8;7-5-3-1-2-4-6-8;3*1-2-3-4-5-6-7;1-2-3-4-5-6(7)8;1-2-3-4-5-6-7;2*1-3-5-6-4-2;1-2-4-6-5-3-1;1-2-4-5-3-1;1-3-4-2;1-2;;;;;;;;/h2-5,17H,6-16H2,1H3;2-5,13H,6-12H2,1H3;2*2-7H2,1H3;8H,1-6H2;2-6H2,1H3;2*2-5H,6H2,1H3;2-5H,1H3,(H,7,8);2-5,7H,6H2,1H3;3-6H,1-2H3;3-6H,1H2,2H3;2,4H,1,3,5H2;1-4H2;3-4H2,1-2H3;1-2H3;;1H;;;;;;/q;;;;;;;;;;;-1;;;;;;;+1;+2;;;;-1/p-1/b2*3-2+,5-4+;;;;;4*3-2+,5-4+;2*5-3+,6-4+;;;;;;;;;;;;. The summed E-state index contributed by atoms with van der Waals surface area (Å²) in [6.07, 6.45) is 116. The van der Waals surface area contributed by atoms with E-state index in [2.05, 4.69) is 180 Å². The molecule has 125 heavy (non-hydrogen) atoms. The van der Waals surface area contributed by atoms with Crippen molar-refractivity contribution >= 4 is 142 Å². The van der Waals surface area contributed by atoms with Crippen LogP contribution in [0.4, 0.5) is 0 Å². The van der Waals surface area contributed by atoms with E-state index >= 15 is 0 Å². The number of aliphatic carboxylic acids is 1. The number of unbranched alkanes of at least 4 members (excludes halogenated alkanes) is 25. The molecule has 3 heterocycles. The van der Waals surface area contributed by atoms with Crippen LogP contribution in [0.1, 0.15) is 363 Å². The van der Waals surface area contributed by atoms with Gasteiger partial charge >= 0.3 is 47.9 Å². The summed E-state index contributed by atoms with van der Waals surface area (Å²) >= 11 is 20.0. The molecule has 0 amide bonds. The van der Waals surface area contributed by atoms with Crippen molar-refractivity contribution in [2.45, 2.75) is 367 Å². The minimum absolute atomic E-state index is 0. The monoisotopic (exact) mass is 2230 g/mol. The van der Waals surface area contributed by atoms with Gasteiger partial charge in [0.25, 0.3) is 0 Å². The zero-order chi connectivity index (χ0) is 93.5. The van der Waals surface area contributed by atoms with Gasteiger partial charge in [0.05, 0.1) is 19.5 Å². The van der Waals surface area contributed by atoms with Gasteiger partial charge < -0.3 is 57.8 Å². The number of carboxylic acid groups (broad SMARTS) is 1. The van der Waals surface area contributed by atoms with Crippen LogP contribution in [0.25, 0.3) is 0 Å². The van der Waals surface area contributed by atoms with E-state index in [1.54, 1.807) is 36.6 Å². The molecule has 0 saturated carbocycles. The zero-order valence-corrected chi connectivity index (χ0v) is 95.6. The number of ether oxygens (including phenoxy) is 4. The third-order valence-corrected chi connectivity index (χ3v) is 18.1. The summed E-state index contributed by atoms with van der Waals surface area (Å²) in [4.78, 5) is 9.75. The second kappa shape index (κ2) is 199. The summed E-state index contributed by atoms with van der Waals surface area (Å²) in [5.41, 5.74) is 0. The van der Waals surface area contributed by atoms with Crippen LogP contribution in [0.5, 0.6) is 0 Å². The van der Waals surface area contributed by atoms with Gasteiger partial charge in [-0.3, -0.25) is 0 Å². The molecule has 0 aromatic carbocycles. The number of hydrogen-bond donors (Lipinski definition) is 4. The van der Waals surface area contributed by atoms with Gasteiger partial charge in [0.2, 0.25) is 0 Å². The number of carboxylic acids is 1. The fraction of sp³-hybridized carbons (Fsp3) is 0.660. The summed E-state index contributed by atoms with van der Waals surface area (Å²) < 4.78 is 21.1. The largest absolute Gasteiger partial charge is 2.00 e. The van der Waals surface area contributed by atoms with E-state index in [0.717, 1.165) is 74.4 Å². The van der Waals surface area contributed by atoms with Crippen molar-refractivity contribution in [1.82, 2.24) is 0 Å². The van der Waals surface area contributed by atoms with E-state index < -0.39 is 5.97 Å². The number of aliphatic hydroxyl groups excluding tert-OH is 3. The average Bonchev–Trinajstić information content (AvgIpc) is 1.28. The van der Waals surface area contributed by atoms with Crippen LogP contribution in [0, 0.1) is 6.92 Å². The first-order valence-electron chi connectivity index (χ1n) is 46.8. The molecule has 2 fully saturated rings. The molecule has 732 valence electrons. The van der Waals surface area contributed by atoms with E-state index in [4.69, 9.17) is 39.4 Å². The molecule has 0 aromatic rings. The molecule has 1 atom stereocenters. The first kappa shape index (κ1) is 165. The molecule has 0 spiro atoms. The molecule has 19 heteroatoms. The molecule has 9 nitrogen and oxygen atoms in total. The molecule has 3 rings (SSSR count). The Morgan fingerprint density at radius 3 is 0.992 bits per heavy atom. The Kier molecular flexibility index (Phi) is 262.